The standard InChI is InChI=1S/C17H12BrIO/c18-12-8-9-16(19)15(10-12)17(20)14-7-3-5-11-4-1-2-6-13(11)14/h1-10,17,20H. The van der Waals surface area contributed by atoms with Crippen molar-refractivity contribution < 1.29 is 5.11 Å². The zero-order chi connectivity index (χ0) is 14.1. The van der Waals surface area contributed by atoms with Gasteiger partial charge in [-0.3, -0.25) is 0 Å². The van der Waals surface area contributed by atoms with E-state index >= 15 is 0 Å². The van der Waals surface area contributed by atoms with Gasteiger partial charge in [-0.1, -0.05) is 58.4 Å². The Kier molecular flexibility index (Phi) is 4.10. The summed E-state index contributed by atoms with van der Waals surface area (Å²) in [5.41, 5.74) is 1.87. The minimum atomic E-state index is -0.620. The number of aliphatic hydroxyl groups excluding tert-OH is 1. The Morgan fingerprint density at radius 2 is 1.65 bits per heavy atom. The number of halogens is 2. The lowest BCUT2D eigenvalue weighted by atomic mass is 9.96. The van der Waals surface area contributed by atoms with Gasteiger partial charge in [-0.05, 0) is 62.7 Å². The fraction of sp³-hybridized carbons (Fsp3) is 0.0588. The molecule has 1 N–H and O–H groups in total. The van der Waals surface area contributed by atoms with Crippen molar-refractivity contribution in [2.24, 2.45) is 0 Å². The van der Waals surface area contributed by atoms with Gasteiger partial charge < -0.3 is 5.11 Å². The van der Waals surface area contributed by atoms with Gasteiger partial charge in [0.1, 0.15) is 6.10 Å². The maximum absolute atomic E-state index is 10.8. The molecule has 1 unspecified atom stereocenters. The van der Waals surface area contributed by atoms with Crippen molar-refractivity contribution in [1.29, 1.82) is 0 Å². The van der Waals surface area contributed by atoms with Gasteiger partial charge in [-0.15, -0.1) is 0 Å². The zero-order valence-corrected chi connectivity index (χ0v) is 14.3. The van der Waals surface area contributed by atoms with Gasteiger partial charge in [0.15, 0.2) is 0 Å². The summed E-state index contributed by atoms with van der Waals surface area (Å²) in [6.45, 7) is 0. The van der Waals surface area contributed by atoms with Crippen LogP contribution in [-0.2, 0) is 0 Å². The lowest BCUT2D eigenvalue weighted by molar-refractivity contribution is 0.221. The van der Waals surface area contributed by atoms with Crippen LogP contribution in [0.5, 0.6) is 0 Å². The monoisotopic (exact) mass is 438 g/mol. The first-order chi connectivity index (χ1) is 9.66. The Balaban J connectivity index is 2.17. The lowest BCUT2D eigenvalue weighted by Crippen LogP contribution is -2.03. The summed E-state index contributed by atoms with van der Waals surface area (Å²) in [7, 11) is 0. The van der Waals surface area contributed by atoms with Crippen LogP contribution in [0.4, 0.5) is 0 Å². The molecule has 0 fully saturated rings. The molecular formula is C17H12BrIO. The Bertz CT molecular complexity index is 765. The molecule has 1 nitrogen and oxygen atoms in total. The van der Waals surface area contributed by atoms with Gasteiger partial charge in [0.25, 0.3) is 0 Å². The molecule has 0 aliphatic carbocycles. The topological polar surface area (TPSA) is 20.2 Å². The minimum absolute atomic E-state index is 0.620. The normalized spacial score (nSPS) is 12.6. The number of fused-ring (bicyclic) bond motifs is 1. The second-order valence-electron chi connectivity index (χ2n) is 4.64. The van der Waals surface area contributed by atoms with E-state index in [2.05, 4.69) is 56.7 Å². The molecular weight excluding hydrogens is 427 g/mol. The van der Waals surface area contributed by atoms with Crippen molar-refractivity contribution >= 4 is 49.3 Å². The van der Waals surface area contributed by atoms with Gasteiger partial charge in [-0.2, -0.15) is 0 Å². The smallest absolute Gasteiger partial charge is 0.106 e. The molecule has 0 aliphatic heterocycles. The fourth-order valence-corrected chi connectivity index (χ4v) is 3.39. The van der Waals surface area contributed by atoms with E-state index in [1.807, 2.05) is 42.5 Å². The van der Waals surface area contributed by atoms with Crippen LogP contribution in [-0.4, -0.2) is 5.11 Å². The van der Waals surface area contributed by atoms with Gasteiger partial charge in [0, 0.05) is 8.04 Å². The van der Waals surface area contributed by atoms with E-state index in [-0.39, 0.29) is 0 Å². The molecule has 0 bridgehead atoms. The van der Waals surface area contributed by atoms with E-state index in [1.54, 1.807) is 0 Å². The number of benzene rings is 3. The molecule has 3 aromatic carbocycles. The highest BCUT2D eigenvalue weighted by molar-refractivity contribution is 14.1. The van der Waals surface area contributed by atoms with E-state index in [4.69, 9.17) is 0 Å². The number of hydrogen-bond donors (Lipinski definition) is 1. The van der Waals surface area contributed by atoms with Crippen molar-refractivity contribution in [2.45, 2.75) is 6.10 Å². The summed E-state index contributed by atoms with van der Waals surface area (Å²) in [6.07, 6.45) is -0.620. The first-order valence-corrected chi connectivity index (χ1v) is 8.14. The zero-order valence-electron chi connectivity index (χ0n) is 10.6. The molecule has 0 saturated carbocycles. The Hall–Kier alpha value is -0.910. The second-order valence-corrected chi connectivity index (χ2v) is 6.71. The van der Waals surface area contributed by atoms with Crippen LogP contribution in [0.2, 0.25) is 0 Å². The Labute approximate surface area is 139 Å². The summed E-state index contributed by atoms with van der Waals surface area (Å²) in [5, 5.41) is 13.0. The van der Waals surface area contributed by atoms with Crippen LogP contribution < -0.4 is 0 Å². The predicted octanol–water partition coefficient (Wildman–Crippen LogP) is 5.29. The minimum Gasteiger partial charge on any atom is -0.384 e. The molecule has 20 heavy (non-hydrogen) atoms. The van der Waals surface area contributed by atoms with Crippen molar-refractivity contribution in [2.75, 3.05) is 0 Å². The van der Waals surface area contributed by atoms with Crippen LogP contribution in [0, 0.1) is 3.57 Å². The summed E-state index contributed by atoms with van der Waals surface area (Å²) < 4.78 is 2.04. The van der Waals surface area contributed by atoms with E-state index in [0.29, 0.717) is 0 Å². The third kappa shape index (κ3) is 2.62. The molecule has 0 aliphatic rings. The van der Waals surface area contributed by atoms with Crippen molar-refractivity contribution in [3.05, 3.63) is 79.8 Å². The van der Waals surface area contributed by atoms with E-state index in [0.717, 1.165) is 29.9 Å². The largest absolute Gasteiger partial charge is 0.384 e. The SMILES string of the molecule is OC(c1cc(Br)ccc1I)c1cccc2ccccc12. The van der Waals surface area contributed by atoms with E-state index < -0.39 is 6.10 Å². The van der Waals surface area contributed by atoms with Crippen LogP contribution in [0.15, 0.2) is 65.1 Å². The van der Waals surface area contributed by atoms with E-state index in [1.165, 1.54) is 0 Å². The molecule has 0 radical (unpaired) electrons. The Morgan fingerprint density at radius 3 is 2.50 bits per heavy atom. The van der Waals surface area contributed by atoms with Gasteiger partial charge in [0.2, 0.25) is 0 Å². The van der Waals surface area contributed by atoms with Gasteiger partial charge in [0.05, 0.1) is 0 Å². The van der Waals surface area contributed by atoms with Gasteiger partial charge in [-0.25, -0.2) is 0 Å². The molecule has 0 saturated heterocycles. The van der Waals surface area contributed by atoms with Gasteiger partial charge >= 0.3 is 0 Å². The molecule has 0 amide bonds. The molecule has 0 aromatic heterocycles. The number of hydrogen-bond acceptors (Lipinski definition) is 1. The average Bonchev–Trinajstić information content (AvgIpc) is 2.48. The summed E-state index contributed by atoms with van der Waals surface area (Å²) in [6, 6.07) is 20.2. The third-order valence-electron chi connectivity index (χ3n) is 3.37. The second kappa shape index (κ2) is 5.84. The molecule has 1 atom stereocenters. The summed E-state index contributed by atoms with van der Waals surface area (Å²) >= 11 is 5.73. The first kappa shape index (κ1) is 14.0. The third-order valence-corrected chi connectivity index (χ3v) is 4.85. The maximum Gasteiger partial charge on any atom is 0.106 e. The van der Waals surface area contributed by atoms with Crippen LogP contribution in [0.1, 0.15) is 17.2 Å². The highest BCUT2D eigenvalue weighted by atomic mass is 127. The van der Waals surface area contributed by atoms with Crippen molar-refractivity contribution in [3.63, 3.8) is 0 Å². The molecule has 0 spiro atoms. The average molecular weight is 439 g/mol. The highest BCUT2D eigenvalue weighted by Gasteiger charge is 2.16. The van der Waals surface area contributed by atoms with Crippen LogP contribution in [0.25, 0.3) is 10.8 Å². The molecule has 100 valence electrons. The quantitative estimate of drug-likeness (QED) is 0.539. The Morgan fingerprint density at radius 1 is 0.900 bits per heavy atom. The summed E-state index contributed by atoms with van der Waals surface area (Å²) in [5.74, 6) is 0. The molecule has 3 heteroatoms. The fourth-order valence-electron chi connectivity index (χ4n) is 2.38. The number of rotatable bonds is 2. The van der Waals surface area contributed by atoms with Crippen LogP contribution in [0.3, 0.4) is 0 Å². The number of aliphatic hydroxyl groups is 1. The first-order valence-electron chi connectivity index (χ1n) is 6.27. The summed E-state index contributed by atoms with van der Waals surface area (Å²) in [4.78, 5) is 0. The maximum atomic E-state index is 10.8. The van der Waals surface area contributed by atoms with Crippen molar-refractivity contribution in [1.82, 2.24) is 0 Å². The highest BCUT2D eigenvalue weighted by Crippen LogP contribution is 2.32. The molecule has 3 rings (SSSR count). The van der Waals surface area contributed by atoms with E-state index in [9.17, 15) is 5.11 Å². The lowest BCUT2D eigenvalue weighted by Gasteiger charge is -2.16. The molecule has 3 aromatic rings. The molecule has 0 heterocycles. The van der Waals surface area contributed by atoms with Crippen LogP contribution >= 0.6 is 38.5 Å². The predicted molar refractivity (Wildman–Crippen MR) is 94.9 cm³/mol. The van der Waals surface area contributed by atoms with Crippen molar-refractivity contribution in [3.8, 4) is 0 Å².